The second kappa shape index (κ2) is 6.16. The molecule has 0 saturated heterocycles. The molecule has 2 rings (SSSR count). The predicted molar refractivity (Wildman–Crippen MR) is 88.4 cm³/mol. The van der Waals surface area contributed by atoms with Crippen LogP contribution in [0.5, 0.6) is 5.75 Å². The van der Waals surface area contributed by atoms with Crippen molar-refractivity contribution in [1.82, 2.24) is 10.2 Å². The number of ether oxygens (including phenoxy) is 1. The third-order valence-electron chi connectivity index (χ3n) is 3.05. The number of aromatic nitrogens is 2. The van der Waals surface area contributed by atoms with Gasteiger partial charge in [-0.25, -0.2) is 13.5 Å². The third kappa shape index (κ3) is 4.41. The van der Waals surface area contributed by atoms with Crippen molar-refractivity contribution in [1.29, 1.82) is 0 Å². The highest BCUT2D eigenvalue weighted by Crippen LogP contribution is 2.28. The minimum Gasteiger partial charge on any atom is -0.487 e. The third-order valence-corrected chi connectivity index (χ3v) is 4.18. The van der Waals surface area contributed by atoms with Crippen LogP contribution in [0.2, 0.25) is 0 Å². The quantitative estimate of drug-likeness (QED) is 0.925. The summed E-state index contributed by atoms with van der Waals surface area (Å²) in [4.78, 5) is 12.2. The van der Waals surface area contributed by atoms with Crippen LogP contribution in [0.3, 0.4) is 0 Å². The molecule has 0 aliphatic carbocycles. The summed E-state index contributed by atoms with van der Waals surface area (Å²) < 4.78 is 28.7. The first-order valence-corrected chi connectivity index (χ1v) is 8.98. The van der Waals surface area contributed by atoms with Gasteiger partial charge in [-0.15, -0.1) is 0 Å². The van der Waals surface area contributed by atoms with Gasteiger partial charge in [0.25, 0.3) is 0 Å². The molecule has 0 aliphatic rings. The Labute approximate surface area is 135 Å². The molecule has 1 heterocycles. The molecule has 0 aliphatic heterocycles. The van der Waals surface area contributed by atoms with Crippen LogP contribution in [0, 0.1) is 5.41 Å². The summed E-state index contributed by atoms with van der Waals surface area (Å²) in [5, 5.41) is 6.16. The second-order valence-corrected chi connectivity index (χ2v) is 8.60. The number of aromatic amines is 1. The molecule has 0 fully saturated rings. The Balaban J connectivity index is 2.43. The Morgan fingerprint density at radius 2 is 1.78 bits per heavy atom. The summed E-state index contributed by atoms with van der Waals surface area (Å²) in [5.74, 6) is 0.182. The SMILES string of the molecule is CC(C)(C)COc1c(-c2ccc(S(C)(=O)=O)cc2)cn[nH]c1=O. The van der Waals surface area contributed by atoms with E-state index in [1.807, 2.05) is 20.8 Å². The van der Waals surface area contributed by atoms with Gasteiger partial charge in [-0.3, -0.25) is 4.79 Å². The van der Waals surface area contributed by atoms with Crippen LogP contribution in [0.4, 0.5) is 0 Å². The number of nitrogens with one attached hydrogen (secondary N) is 1. The number of hydrogen-bond donors (Lipinski definition) is 1. The van der Waals surface area contributed by atoms with E-state index in [9.17, 15) is 13.2 Å². The van der Waals surface area contributed by atoms with Crippen LogP contribution >= 0.6 is 0 Å². The Bertz CT molecular complexity index is 847. The number of rotatable bonds is 4. The number of benzene rings is 1. The van der Waals surface area contributed by atoms with E-state index >= 15 is 0 Å². The monoisotopic (exact) mass is 336 g/mol. The van der Waals surface area contributed by atoms with Gasteiger partial charge in [-0.05, 0) is 23.1 Å². The molecule has 23 heavy (non-hydrogen) atoms. The summed E-state index contributed by atoms with van der Waals surface area (Å²) in [6.07, 6.45) is 2.64. The number of nitrogens with zero attached hydrogens (tertiary/aromatic N) is 1. The first-order chi connectivity index (χ1) is 10.6. The predicted octanol–water partition coefficient (Wildman–Crippen LogP) is 2.27. The van der Waals surface area contributed by atoms with Crippen LogP contribution in [0.1, 0.15) is 20.8 Å². The van der Waals surface area contributed by atoms with Crippen LogP contribution in [-0.2, 0) is 9.84 Å². The molecular formula is C16H20N2O4S. The lowest BCUT2D eigenvalue weighted by molar-refractivity contribution is 0.196. The molecule has 1 aromatic heterocycles. The Hall–Kier alpha value is -2.15. The molecule has 7 heteroatoms. The van der Waals surface area contributed by atoms with Gasteiger partial charge < -0.3 is 4.74 Å². The van der Waals surface area contributed by atoms with Crippen molar-refractivity contribution in [2.75, 3.05) is 12.9 Å². The fraction of sp³-hybridized carbons (Fsp3) is 0.375. The van der Waals surface area contributed by atoms with Gasteiger partial charge in [-0.2, -0.15) is 5.10 Å². The highest BCUT2D eigenvalue weighted by molar-refractivity contribution is 7.90. The van der Waals surface area contributed by atoms with E-state index in [-0.39, 0.29) is 16.1 Å². The lowest BCUT2D eigenvalue weighted by Crippen LogP contribution is -2.21. The maximum Gasteiger partial charge on any atom is 0.307 e. The Morgan fingerprint density at radius 1 is 1.17 bits per heavy atom. The van der Waals surface area contributed by atoms with Gasteiger partial charge in [0.15, 0.2) is 15.6 Å². The van der Waals surface area contributed by atoms with Crippen LogP contribution in [-0.4, -0.2) is 31.5 Å². The maximum absolute atomic E-state index is 12.0. The molecule has 124 valence electrons. The number of H-pyrrole nitrogens is 1. The van der Waals surface area contributed by atoms with E-state index in [4.69, 9.17) is 4.74 Å². The molecular weight excluding hydrogens is 316 g/mol. The molecule has 0 amide bonds. The first-order valence-electron chi connectivity index (χ1n) is 7.09. The lowest BCUT2D eigenvalue weighted by Gasteiger charge is -2.19. The van der Waals surface area contributed by atoms with Gasteiger partial charge in [-0.1, -0.05) is 32.9 Å². The average molecular weight is 336 g/mol. The number of sulfone groups is 1. The highest BCUT2D eigenvalue weighted by Gasteiger charge is 2.17. The molecule has 1 N–H and O–H groups in total. The zero-order chi connectivity index (χ0) is 17.3. The second-order valence-electron chi connectivity index (χ2n) is 6.59. The topological polar surface area (TPSA) is 89.1 Å². The molecule has 2 aromatic rings. The van der Waals surface area contributed by atoms with Crippen molar-refractivity contribution in [3.05, 3.63) is 40.8 Å². The van der Waals surface area contributed by atoms with Crippen LogP contribution < -0.4 is 10.3 Å². The van der Waals surface area contributed by atoms with E-state index in [1.54, 1.807) is 12.1 Å². The van der Waals surface area contributed by atoms with Crippen LogP contribution in [0.25, 0.3) is 11.1 Å². The van der Waals surface area contributed by atoms with E-state index in [1.165, 1.54) is 18.3 Å². The van der Waals surface area contributed by atoms with Gasteiger partial charge in [0.2, 0.25) is 0 Å². The molecule has 0 atom stereocenters. The average Bonchev–Trinajstić information content (AvgIpc) is 2.44. The Kier molecular flexibility index (Phi) is 4.61. The van der Waals surface area contributed by atoms with Gasteiger partial charge in [0, 0.05) is 11.8 Å². The van der Waals surface area contributed by atoms with Crippen molar-refractivity contribution in [2.45, 2.75) is 25.7 Å². The molecule has 0 unspecified atom stereocenters. The van der Waals surface area contributed by atoms with E-state index in [0.717, 1.165) is 6.26 Å². The molecule has 6 nitrogen and oxygen atoms in total. The van der Waals surface area contributed by atoms with Crippen molar-refractivity contribution in [2.24, 2.45) is 5.41 Å². The largest absolute Gasteiger partial charge is 0.487 e. The van der Waals surface area contributed by atoms with Crippen LogP contribution in [0.15, 0.2) is 40.2 Å². The molecule has 0 bridgehead atoms. The first kappa shape index (κ1) is 17.2. The lowest BCUT2D eigenvalue weighted by atomic mass is 9.98. The smallest absolute Gasteiger partial charge is 0.307 e. The summed E-state index contributed by atoms with van der Waals surface area (Å²) in [6.45, 7) is 6.38. The molecule has 0 spiro atoms. The van der Waals surface area contributed by atoms with Gasteiger partial charge >= 0.3 is 5.56 Å². The zero-order valence-corrected chi connectivity index (χ0v) is 14.4. The van der Waals surface area contributed by atoms with Crippen molar-refractivity contribution in [3.8, 4) is 16.9 Å². The fourth-order valence-corrected chi connectivity index (χ4v) is 2.54. The molecule has 0 saturated carbocycles. The van der Waals surface area contributed by atoms with Gasteiger partial charge in [0.05, 0.1) is 17.7 Å². The number of hydrogen-bond acceptors (Lipinski definition) is 5. The van der Waals surface area contributed by atoms with Crippen molar-refractivity contribution < 1.29 is 13.2 Å². The van der Waals surface area contributed by atoms with Crippen molar-refractivity contribution >= 4 is 9.84 Å². The van der Waals surface area contributed by atoms with E-state index < -0.39 is 15.4 Å². The standard InChI is InChI=1S/C16H20N2O4S/c1-16(2,3)10-22-14-13(9-17-18-15(14)19)11-5-7-12(8-6-11)23(4,20)21/h5-9H,10H2,1-4H3,(H,18,19). The summed E-state index contributed by atoms with van der Waals surface area (Å²) in [5.41, 5.74) is 0.671. The Morgan fingerprint density at radius 3 is 2.30 bits per heavy atom. The normalized spacial score (nSPS) is 12.2. The fourth-order valence-electron chi connectivity index (χ4n) is 1.91. The minimum atomic E-state index is -3.26. The summed E-state index contributed by atoms with van der Waals surface area (Å²) in [7, 11) is -3.26. The molecule has 0 radical (unpaired) electrons. The molecule has 1 aromatic carbocycles. The maximum atomic E-state index is 12.0. The van der Waals surface area contributed by atoms with E-state index in [2.05, 4.69) is 10.2 Å². The zero-order valence-electron chi connectivity index (χ0n) is 13.6. The van der Waals surface area contributed by atoms with E-state index in [0.29, 0.717) is 17.7 Å². The van der Waals surface area contributed by atoms with Crippen molar-refractivity contribution in [3.63, 3.8) is 0 Å². The summed E-state index contributed by atoms with van der Waals surface area (Å²) >= 11 is 0. The summed E-state index contributed by atoms with van der Waals surface area (Å²) in [6, 6.07) is 6.27. The highest BCUT2D eigenvalue weighted by atomic mass is 32.2. The van der Waals surface area contributed by atoms with Gasteiger partial charge in [0.1, 0.15) is 0 Å². The minimum absolute atomic E-state index is 0.104.